The first-order valence-electron chi connectivity index (χ1n) is 9.44. The summed E-state index contributed by atoms with van der Waals surface area (Å²) in [6, 6.07) is 3.66. The Labute approximate surface area is 146 Å². The molecule has 1 aliphatic rings. The summed E-state index contributed by atoms with van der Waals surface area (Å²) in [5.41, 5.74) is 1.66. The number of unbranched alkanes of at least 4 members (excludes halogenated alkanes) is 2. The van der Waals surface area contributed by atoms with E-state index in [1.54, 1.807) is 0 Å². The van der Waals surface area contributed by atoms with Gasteiger partial charge in [-0.1, -0.05) is 39.5 Å². The van der Waals surface area contributed by atoms with E-state index in [0.29, 0.717) is 18.0 Å². The van der Waals surface area contributed by atoms with Crippen molar-refractivity contribution in [2.45, 2.75) is 58.9 Å². The molecule has 4 nitrogen and oxygen atoms in total. The summed E-state index contributed by atoms with van der Waals surface area (Å²) in [5, 5.41) is 20.6. The Bertz CT molecular complexity index is 475. The Morgan fingerprint density at radius 2 is 1.75 bits per heavy atom. The predicted octanol–water partition coefficient (Wildman–Crippen LogP) is 4.08. The molecular weight excluding hydrogens is 302 g/mol. The second kappa shape index (κ2) is 9.90. The molecule has 136 valence electrons. The second-order valence-corrected chi connectivity index (χ2v) is 7.14. The SMILES string of the molecule is CCCCCC(C)CCc1cc(O)c(CN2CCOCC2)c(O)c1. The first kappa shape index (κ1) is 19.1. The van der Waals surface area contributed by atoms with Crippen LogP contribution in [0.5, 0.6) is 11.5 Å². The van der Waals surface area contributed by atoms with Gasteiger partial charge in [0.1, 0.15) is 11.5 Å². The summed E-state index contributed by atoms with van der Waals surface area (Å²) in [7, 11) is 0. The van der Waals surface area contributed by atoms with Gasteiger partial charge in [0, 0.05) is 25.2 Å². The highest BCUT2D eigenvalue weighted by atomic mass is 16.5. The van der Waals surface area contributed by atoms with Crippen molar-refractivity contribution in [3.8, 4) is 11.5 Å². The van der Waals surface area contributed by atoms with Crippen molar-refractivity contribution in [1.82, 2.24) is 4.90 Å². The Morgan fingerprint density at radius 1 is 1.08 bits per heavy atom. The molecule has 4 heteroatoms. The zero-order valence-electron chi connectivity index (χ0n) is 15.3. The molecule has 0 spiro atoms. The minimum atomic E-state index is 0.218. The van der Waals surface area contributed by atoms with Crippen LogP contribution in [-0.2, 0) is 17.7 Å². The molecule has 1 aromatic carbocycles. The largest absolute Gasteiger partial charge is 0.507 e. The summed E-state index contributed by atoms with van der Waals surface area (Å²) in [4.78, 5) is 2.20. The van der Waals surface area contributed by atoms with E-state index in [1.807, 2.05) is 12.1 Å². The summed E-state index contributed by atoms with van der Waals surface area (Å²) in [6.07, 6.45) is 7.15. The molecule has 1 heterocycles. The molecule has 0 aliphatic carbocycles. The van der Waals surface area contributed by atoms with Crippen LogP contribution in [0, 0.1) is 5.92 Å². The maximum absolute atomic E-state index is 10.3. The maximum Gasteiger partial charge on any atom is 0.124 e. The van der Waals surface area contributed by atoms with Gasteiger partial charge in [0.05, 0.1) is 13.2 Å². The average Bonchev–Trinajstić information content (AvgIpc) is 2.57. The molecule has 0 aromatic heterocycles. The van der Waals surface area contributed by atoms with Crippen molar-refractivity contribution in [1.29, 1.82) is 0 Å². The number of rotatable bonds is 9. The van der Waals surface area contributed by atoms with E-state index in [-0.39, 0.29) is 11.5 Å². The van der Waals surface area contributed by atoms with Crippen LogP contribution in [0.15, 0.2) is 12.1 Å². The van der Waals surface area contributed by atoms with Crippen molar-refractivity contribution < 1.29 is 14.9 Å². The third kappa shape index (κ3) is 5.99. The first-order chi connectivity index (χ1) is 11.6. The number of phenolic OH excluding ortho intramolecular Hbond substituents is 2. The van der Waals surface area contributed by atoms with E-state index in [0.717, 1.165) is 44.7 Å². The van der Waals surface area contributed by atoms with Crippen molar-refractivity contribution in [2.75, 3.05) is 26.3 Å². The lowest BCUT2D eigenvalue weighted by molar-refractivity contribution is 0.0335. The highest BCUT2D eigenvalue weighted by molar-refractivity contribution is 5.46. The van der Waals surface area contributed by atoms with Crippen molar-refractivity contribution in [3.05, 3.63) is 23.3 Å². The third-order valence-electron chi connectivity index (χ3n) is 4.97. The van der Waals surface area contributed by atoms with Gasteiger partial charge in [-0.3, -0.25) is 4.90 Å². The first-order valence-corrected chi connectivity index (χ1v) is 9.44. The summed E-state index contributed by atoms with van der Waals surface area (Å²) in [5.74, 6) is 1.12. The van der Waals surface area contributed by atoms with E-state index in [9.17, 15) is 10.2 Å². The number of nitrogens with zero attached hydrogens (tertiary/aromatic N) is 1. The van der Waals surface area contributed by atoms with Gasteiger partial charge >= 0.3 is 0 Å². The van der Waals surface area contributed by atoms with Gasteiger partial charge in [0.25, 0.3) is 0 Å². The van der Waals surface area contributed by atoms with Crippen LogP contribution < -0.4 is 0 Å². The number of benzene rings is 1. The van der Waals surface area contributed by atoms with Crippen LogP contribution >= 0.6 is 0 Å². The minimum Gasteiger partial charge on any atom is -0.507 e. The van der Waals surface area contributed by atoms with Gasteiger partial charge < -0.3 is 14.9 Å². The number of phenols is 2. The van der Waals surface area contributed by atoms with E-state index in [2.05, 4.69) is 18.7 Å². The van der Waals surface area contributed by atoms with Crippen LogP contribution in [-0.4, -0.2) is 41.4 Å². The number of hydrogen-bond acceptors (Lipinski definition) is 4. The fourth-order valence-corrected chi connectivity index (χ4v) is 3.29. The van der Waals surface area contributed by atoms with Gasteiger partial charge in [-0.25, -0.2) is 0 Å². The molecule has 1 aliphatic heterocycles. The number of aromatic hydroxyl groups is 2. The van der Waals surface area contributed by atoms with Gasteiger partial charge in [-0.15, -0.1) is 0 Å². The van der Waals surface area contributed by atoms with Crippen molar-refractivity contribution >= 4 is 0 Å². The third-order valence-corrected chi connectivity index (χ3v) is 4.97. The predicted molar refractivity (Wildman–Crippen MR) is 97.5 cm³/mol. The Kier molecular flexibility index (Phi) is 7.86. The highest BCUT2D eigenvalue weighted by Gasteiger charge is 2.16. The molecule has 1 aromatic rings. The van der Waals surface area contributed by atoms with Crippen molar-refractivity contribution in [2.24, 2.45) is 5.92 Å². The molecule has 1 atom stereocenters. The van der Waals surface area contributed by atoms with Crippen LogP contribution in [0.3, 0.4) is 0 Å². The highest BCUT2D eigenvalue weighted by Crippen LogP contribution is 2.31. The number of aryl methyl sites for hydroxylation is 1. The maximum atomic E-state index is 10.3. The number of hydrogen-bond donors (Lipinski definition) is 2. The van der Waals surface area contributed by atoms with E-state index < -0.39 is 0 Å². The summed E-state index contributed by atoms with van der Waals surface area (Å²) >= 11 is 0. The Balaban J connectivity index is 1.88. The second-order valence-electron chi connectivity index (χ2n) is 7.14. The number of ether oxygens (including phenoxy) is 1. The molecule has 0 saturated carbocycles. The number of morpholine rings is 1. The molecule has 0 amide bonds. The molecule has 24 heavy (non-hydrogen) atoms. The fourth-order valence-electron chi connectivity index (χ4n) is 3.29. The molecule has 1 saturated heterocycles. The lowest BCUT2D eigenvalue weighted by Gasteiger charge is -2.27. The standard InChI is InChI=1S/C20H33NO3/c1-3-4-5-6-16(2)7-8-17-13-19(22)18(20(23)14-17)15-21-9-11-24-12-10-21/h13-14,16,22-23H,3-12,15H2,1-2H3. The zero-order valence-corrected chi connectivity index (χ0v) is 15.3. The molecule has 1 unspecified atom stereocenters. The van der Waals surface area contributed by atoms with Crippen LogP contribution in [0.4, 0.5) is 0 Å². The van der Waals surface area contributed by atoms with Gasteiger partial charge in [0.2, 0.25) is 0 Å². The smallest absolute Gasteiger partial charge is 0.124 e. The Hall–Kier alpha value is -1.26. The molecule has 2 rings (SSSR count). The fraction of sp³-hybridized carbons (Fsp3) is 0.700. The van der Waals surface area contributed by atoms with E-state index >= 15 is 0 Å². The normalized spacial score (nSPS) is 17.1. The van der Waals surface area contributed by atoms with Gasteiger partial charge in [-0.05, 0) is 36.5 Å². The monoisotopic (exact) mass is 335 g/mol. The molecule has 2 N–H and O–H groups in total. The molecular formula is C20H33NO3. The minimum absolute atomic E-state index is 0.218. The van der Waals surface area contributed by atoms with Crippen LogP contribution in [0.25, 0.3) is 0 Å². The quantitative estimate of drug-likeness (QED) is 0.668. The molecule has 0 bridgehead atoms. The van der Waals surface area contributed by atoms with E-state index in [4.69, 9.17) is 4.74 Å². The summed E-state index contributed by atoms with van der Waals surface area (Å²) < 4.78 is 5.34. The van der Waals surface area contributed by atoms with Crippen LogP contribution in [0.1, 0.15) is 57.1 Å². The summed E-state index contributed by atoms with van der Waals surface area (Å²) in [6.45, 7) is 8.22. The zero-order chi connectivity index (χ0) is 17.4. The van der Waals surface area contributed by atoms with Crippen molar-refractivity contribution in [3.63, 3.8) is 0 Å². The molecule has 1 fully saturated rings. The van der Waals surface area contributed by atoms with Crippen LogP contribution in [0.2, 0.25) is 0 Å². The topological polar surface area (TPSA) is 52.9 Å². The lowest BCUT2D eigenvalue weighted by atomic mass is 9.95. The lowest BCUT2D eigenvalue weighted by Crippen LogP contribution is -2.35. The van der Waals surface area contributed by atoms with Gasteiger partial charge in [-0.2, -0.15) is 0 Å². The Morgan fingerprint density at radius 3 is 2.38 bits per heavy atom. The van der Waals surface area contributed by atoms with E-state index in [1.165, 1.54) is 25.7 Å². The van der Waals surface area contributed by atoms with Gasteiger partial charge in [0.15, 0.2) is 0 Å². The average molecular weight is 335 g/mol. The molecule has 0 radical (unpaired) electrons.